The van der Waals surface area contributed by atoms with Crippen molar-refractivity contribution < 1.29 is 30.5 Å². The molecule has 132 valence electrons. The van der Waals surface area contributed by atoms with E-state index in [4.69, 9.17) is 4.74 Å². The van der Waals surface area contributed by atoms with E-state index in [0.29, 0.717) is 29.3 Å². The molecule has 0 N–H and O–H groups in total. The van der Waals surface area contributed by atoms with Crippen molar-refractivity contribution in [2.24, 2.45) is 0 Å². The lowest BCUT2D eigenvalue weighted by Gasteiger charge is -2.23. The van der Waals surface area contributed by atoms with E-state index in [1.54, 1.807) is 6.07 Å². The zero-order chi connectivity index (χ0) is 18.1. The molecule has 0 atom stereocenters. The van der Waals surface area contributed by atoms with Gasteiger partial charge in [0, 0.05) is 0 Å². The van der Waals surface area contributed by atoms with Gasteiger partial charge in [0.25, 0.3) is 0 Å². The predicted molar refractivity (Wildman–Crippen MR) is 85.6 cm³/mol. The summed E-state index contributed by atoms with van der Waals surface area (Å²) in [6.07, 6.45) is 1.00. The second-order valence-electron chi connectivity index (χ2n) is 6.14. The Kier molecular flexibility index (Phi) is 5.79. The van der Waals surface area contributed by atoms with Crippen molar-refractivity contribution in [2.75, 3.05) is 7.11 Å². The number of methoxy groups -OCH3 is 1. The van der Waals surface area contributed by atoms with Crippen LogP contribution in [0, 0.1) is 0 Å². The predicted octanol–water partition coefficient (Wildman–Crippen LogP) is 3.42. The van der Waals surface area contributed by atoms with E-state index in [-0.39, 0.29) is 5.75 Å². The smallest absolute Gasteiger partial charge is 0.497 e. The quantitative estimate of drug-likeness (QED) is 0.437. The Morgan fingerprint density at radius 3 is 2.09 bits per heavy atom. The van der Waals surface area contributed by atoms with Gasteiger partial charge in [0.1, 0.15) is 11.5 Å². The summed E-state index contributed by atoms with van der Waals surface area (Å²) < 4.78 is 70.1. The molecule has 0 fully saturated rings. The van der Waals surface area contributed by atoms with Crippen LogP contribution in [0.2, 0.25) is 19.6 Å². The second kappa shape index (κ2) is 6.72. The lowest BCUT2D eigenvalue weighted by atomic mass is 10.1. The third kappa shape index (κ3) is 4.63. The molecule has 0 saturated carbocycles. The van der Waals surface area contributed by atoms with Crippen molar-refractivity contribution in [3.63, 3.8) is 0 Å². The Morgan fingerprint density at radius 2 is 1.70 bits per heavy atom. The molecule has 0 unspecified atom stereocenters. The third-order valence-electron chi connectivity index (χ3n) is 3.19. The number of rotatable bonds is 6. The van der Waals surface area contributed by atoms with Gasteiger partial charge in [0.05, 0.1) is 15.2 Å². The van der Waals surface area contributed by atoms with Crippen molar-refractivity contribution >= 4 is 23.4 Å². The van der Waals surface area contributed by atoms with Gasteiger partial charge in [-0.3, -0.25) is 0 Å². The lowest BCUT2D eigenvalue weighted by Crippen LogP contribution is -2.39. The van der Waals surface area contributed by atoms with Gasteiger partial charge < -0.3 is 8.92 Å². The number of alkyl halides is 3. The van der Waals surface area contributed by atoms with E-state index in [1.807, 2.05) is 26.6 Å². The maximum atomic E-state index is 12.6. The molecule has 1 aromatic rings. The zero-order valence-corrected chi connectivity index (χ0v) is 15.6. The highest BCUT2D eigenvalue weighted by atomic mass is 32.2. The van der Waals surface area contributed by atoms with Crippen LogP contribution >= 0.6 is 0 Å². The Bertz CT molecular complexity index is 664. The number of halogens is 3. The minimum atomic E-state index is -5.70. The normalized spacial score (nSPS) is 13.0. The van der Waals surface area contributed by atoms with Crippen LogP contribution in [0.3, 0.4) is 0 Å². The summed E-state index contributed by atoms with van der Waals surface area (Å²) in [6, 6.07) is 2.94. The Balaban J connectivity index is 3.51. The summed E-state index contributed by atoms with van der Waals surface area (Å²) in [7, 11) is -6.20. The van der Waals surface area contributed by atoms with E-state index in [9.17, 15) is 21.6 Å². The maximum Gasteiger partial charge on any atom is 0.534 e. The van der Waals surface area contributed by atoms with Gasteiger partial charge in [0.2, 0.25) is 0 Å². The molecule has 0 bridgehead atoms. The fourth-order valence-corrected chi connectivity index (χ4v) is 4.03. The number of hydrogen-bond acceptors (Lipinski definition) is 4. The average molecular weight is 370 g/mol. The maximum absolute atomic E-state index is 12.6. The molecule has 0 aliphatic heterocycles. The van der Waals surface area contributed by atoms with Crippen LogP contribution in [-0.2, 0) is 16.5 Å². The number of ether oxygens (including phenoxy) is 1. The number of benzene rings is 1. The van der Waals surface area contributed by atoms with Crippen LogP contribution in [0.25, 0.3) is 0 Å². The standard InChI is InChI=1S/C14H21F3O4SSi/c1-6-7-10-8-12(20-2)13(23(3,4)5)9-11(10)21-22(18,19)14(15,16)17/h8-9H,6-7H2,1-5H3. The van der Waals surface area contributed by atoms with Crippen molar-refractivity contribution in [3.8, 4) is 11.5 Å². The Labute approximate surface area is 135 Å². The van der Waals surface area contributed by atoms with E-state index >= 15 is 0 Å². The first kappa shape index (κ1) is 19.8. The molecule has 4 nitrogen and oxygen atoms in total. The molecule has 0 aliphatic rings. The van der Waals surface area contributed by atoms with Gasteiger partial charge in [-0.1, -0.05) is 33.0 Å². The molecule has 0 amide bonds. The minimum Gasteiger partial charge on any atom is -0.497 e. The highest BCUT2D eigenvalue weighted by Gasteiger charge is 2.49. The average Bonchev–Trinajstić information content (AvgIpc) is 2.37. The lowest BCUT2D eigenvalue weighted by molar-refractivity contribution is -0.0500. The zero-order valence-electron chi connectivity index (χ0n) is 13.7. The molecule has 23 heavy (non-hydrogen) atoms. The van der Waals surface area contributed by atoms with Crippen LogP contribution in [0.1, 0.15) is 18.9 Å². The molecule has 0 saturated heterocycles. The first-order valence-electron chi connectivity index (χ1n) is 7.05. The van der Waals surface area contributed by atoms with E-state index in [1.165, 1.54) is 13.2 Å². The van der Waals surface area contributed by atoms with Gasteiger partial charge in [-0.15, -0.1) is 0 Å². The fourth-order valence-electron chi connectivity index (χ4n) is 2.06. The molecule has 0 heterocycles. The fraction of sp³-hybridized carbons (Fsp3) is 0.571. The van der Waals surface area contributed by atoms with Gasteiger partial charge in [0.15, 0.2) is 0 Å². The van der Waals surface area contributed by atoms with Crippen molar-refractivity contribution in [1.82, 2.24) is 0 Å². The molecule has 0 radical (unpaired) electrons. The van der Waals surface area contributed by atoms with Gasteiger partial charge in [-0.25, -0.2) is 0 Å². The highest BCUT2D eigenvalue weighted by molar-refractivity contribution is 7.88. The van der Waals surface area contributed by atoms with Crippen LogP contribution in [0.15, 0.2) is 12.1 Å². The third-order valence-corrected chi connectivity index (χ3v) is 6.17. The van der Waals surface area contributed by atoms with Crippen molar-refractivity contribution in [3.05, 3.63) is 17.7 Å². The summed E-state index contributed by atoms with van der Waals surface area (Å²) in [4.78, 5) is 0. The first-order valence-corrected chi connectivity index (χ1v) is 12.0. The largest absolute Gasteiger partial charge is 0.534 e. The highest BCUT2D eigenvalue weighted by Crippen LogP contribution is 2.32. The molecule has 0 spiro atoms. The van der Waals surface area contributed by atoms with E-state index in [0.717, 1.165) is 0 Å². The van der Waals surface area contributed by atoms with Gasteiger partial charge >= 0.3 is 15.6 Å². The first-order chi connectivity index (χ1) is 10.3. The molecule has 0 aromatic heterocycles. The van der Waals surface area contributed by atoms with E-state index < -0.39 is 23.7 Å². The van der Waals surface area contributed by atoms with Crippen molar-refractivity contribution in [2.45, 2.75) is 44.9 Å². The molecule has 0 aliphatic carbocycles. The Hall–Kier alpha value is -1.22. The number of hydrogen-bond donors (Lipinski definition) is 0. The van der Waals surface area contributed by atoms with E-state index in [2.05, 4.69) is 4.18 Å². The molecular weight excluding hydrogens is 349 g/mol. The van der Waals surface area contributed by atoms with Crippen LogP contribution in [0.4, 0.5) is 13.2 Å². The SMILES string of the molecule is CCCc1cc(OC)c([Si](C)(C)C)cc1OS(=O)(=O)C(F)(F)F. The van der Waals surface area contributed by atoms with Crippen LogP contribution in [0.5, 0.6) is 11.5 Å². The molecular formula is C14H21F3O4SSi. The summed E-state index contributed by atoms with van der Waals surface area (Å²) >= 11 is 0. The topological polar surface area (TPSA) is 52.6 Å². The second-order valence-corrected chi connectivity index (χ2v) is 12.7. The van der Waals surface area contributed by atoms with Crippen molar-refractivity contribution in [1.29, 1.82) is 0 Å². The number of aryl methyl sites for hydroxylation is 1. The monoisotopic (exact) mass is 370 g/mol. The molecule has 1 rings (SSSR count). The molecule has 9 heteroatoms. The summed E-state index contributed by atoms with van der Waals surface area (Å²) in [6.45, 7) is 7.77. The van der Waals surface area contributed by atoms with Crippen LogP contribution < -0.4 is 14.1 Å². The van der Waals surface area contributed by atoms with Gasteiger partial charge in [-0.05, 0) is 29.3 Å². The Morgan fingerprint density at radius 1 is 1.13 bits per heavy atom. The summed E-state index contributed by atoms with van der Waals surface area (Å²) in [5.41, 5.74) is -5.09. The minimum absolute atomic E-state index is 0.276. The van der Waals surface area contributed by atoms with Crippen LogP contribution in [-0.4, -0.2) is 29.1 Å². The van der Waals surface area contributed by atoms with Gasteiger partial charge in [-0.2, -0.15) is 21.6 Å². The summed E-state index contributed by atoms with van der Waals surface area (Å²) in [5.74, 6) is 0.270. The molecule has 1 aromatic carbocycles. The summed E-state index contributed by atoms with van der Waals surface area (Å²) in [5, 5.41) is 0.701.